The zero-order valence-electron chi connectivity index (χ0n) is 18.8. The van der Waals surface area contributed by atoms with E-state index in [2.05, 4.69) is 10.2 Å². The van der Waals surface area contributed by atoms with Gasteiger partial charge in [-0.15, -0.1) is 0 Å². The molecule has 2 fully saturated rings. The molecule has 2 aliphatic rings. The number of benzene rings is 2. The van der Waals surface area contributed by atoms with Crippen molar-refractivity contribution in [2.45, 2.75) is 31.5 Å². The number of nitrogens with one attached hydrogen (secondary N) is 1. The molecule has 2 aliphatic heterocycles. The largest absolute Gasteiger partial charge is 0.331 e. The van der Waals surface area contributed by atoms with Crippen LogP contribution in [0.3, 0.4) is 0 Å². The highest BCUT2D eigenvalue weighted by atomic mass is 35.5. The molecule has 2 heterocycles. The first-order valence-electron chi connectivity index (χ1n) is 11.0. The highest BCUT2D eigenvalue weighted by Crippen LogP contribution is 2.31. The lowest BCUT2D eigenvalue weighted by Gasteiger charge is -2.40. The number of urea groups is 1. The third kappa shape index (κ3) is 5.54. The molecule has 3 amide bonds. The number of amides is 3. The van der Waals surface area contributed by atoms with Gasteiger partial charge in [0.05, 0.1) is 5.69 Å². The second-order valence-corrected chi connectivity index (χ2v) is 9.28. The van der Waals surface area contributed by atoms with Crippen LogP contribution in [0.15, 0.2) is 48.5 Å². The van der Waals surface area contributed by atoms with Crippen LogP contribution in [0.25, 0.3) is 6.08 Å². The lowest BCUT2D eigenvalue weighted by Crippen LogP contribution is -2.55. The van der Waals surface area contributed by atoms with Crippen molar-refractivity contribution < 1.29 is 14.0 Å². The van der Waals surface area contributed by atoms with E-state index >= 15 is 0 Å². The first kappa shape index (κ1) is 23.3. The summed E-state index contributed by atoms with van der Waals surface area (Å²) in [5, 5.41) is 3.32. The molecule has 0 radical (unpaired) electrons. The van der Waals surface area contributed by atoms with Gasteiger partial charge in [-0.05, 0) is 54.3 Å². The Balaban J connectivity index is 1.42. The Morgan fingerprint density at radius 3 is 2.42 bits per heavy atom. The lowest BCUT2D eigenvalue weighted by molar-refractivity contribution is -0.131. The summed E-state index contributed by atoms with van der Waals surface area (Å²) in [5.41, 5.74) is 2.34. The van der Waals surface area contributed by atoms with E-state index in [1.165, 1.54) is 17.0 Å². The predicted molar refractivity (Wildman–Crippen MR) is 129 cm³/mol. The van der Waals surface area contributed by atoms with E-state index in [-0.39, 0.29) is 29.8 Å². The summed E-state index contributed by atoms with van der Waals surface area (Å²) in [5.74, 6) is -0.255. The highest BCUT2D eigenvalue weighted by molar-refractivity contribution is 6.31. The Labute approximate surface area is 198 Å². The minimum absolute atomic E-state index is 0.0243. The van der Waals surface area contributed by atoms with E-state index in [1.807, 2.05) is 17.0 Å². The number of hydrogen-bond donors (Lipinski definition) is 1. The van der Waals surface area contributed by atoms with Gasteiger partial charge in [-0.3, -0.25) is 9.69 Å². The van der Waals surface area contributed by atoms with Crippen LogP contribution in [0, 0.1) is 5.82 Å². The quantitative estimate of drug-likeness (QED) is 0.656. The van der Waals surface area contributed by atoms with Crippen molar-refractivity contribution in [3.63, 3.8) is 0 Å². The zero-order chi connectivity index (χ0) is 23.5. The number of fused-ring (bicyclic) bond motifs is 2. The molecule has 33 heavy (non-hydrogen) atoms. The van der Waals surface area contributed by atoms with Gasteiger partial charge in [-0.2, -0.15) is 0 Å². The fourth-order valence-corrected chi connectivity index (χ4v) is 4.76. The summed E-state index contributed by atoms with van der Waals surface area (Å²) < 4.78 is 13.2. The van der Waals surface area contributed by atoms with Gasteiger partial charge >= 0.3 is 6.03 Å². The molecule has 6 nitrogen and oxygen atoms in total. The topological polar surface area (TPSA) is 55.9 Å². The molecule has 2 aromatic carbocycles. The van der Waals surface area contributed by atoms with Gasteiger partial charge in [0.25, 0.3) is 0 Å². The van der Waals surface area contributed by atoms with Gasteiger partial charge in [-0.1, -0.05) is 29.8 Å². The maximum atomic E-state index is 13.2. The first-order valence-corrected chi connectivity index (χ1v) is 11.4. The molecule has 8 heteroatoms. The van der Waals surface area contributed by atoms with Crippen LogP contribution < -0.4 is 5.32 Å². The van der Waals surface area contributed by atoms with Gasteiger partial charge in [0.1, 0.15) is 5.82 Å². The number of carbonyl (C=O) groups excluding carboxylic acids is 2. The normalized spacial score (nSPS) is 20.3. The van der Waals surface area contributed by atoms with Crippen molar-refractivity contribution in [1.82, 2.24) is 14.7 Å². The van der Waals surface area contributed by atoms with Gasteiger partial charge < -0.3 is 15.1 Å². The molecule has 174 valence electrons. The van der Waals surface area contributed by atoms with E-state index in [1.54, 1.807) is 44.4 Å². The average Bonchev–Trinajstić information content (AvgIpc) is 3.05. The highest BCUT2D eigenvalue weighted by Gasteiger charge is 2.41. The number of anilines is 1. The molecule has 0 aromatic heterocycles. The van der Waals surface area contributed by atoms with E-state index < -0.39 is 0 Å². The van der Waals surface area contributed by atoms with Gasteiger partial charge in [0.2, 0.25) is 5.91 Å². The fourth-order valence-electron chi connectivity index (χ4n) is 4.58. The summed E-state index contributed by atoms with van der Waals surface area (Å²) in [6.07, 6.45) is 5.27. The second kappa shape index (κ2) is 9.93. The van der Waals surface area contributed by atoms with E-state index in [9.17, 15) is 14.0 Å². The number of halogens is 2. The third-order valence-electron chi connectivity index (χ3n) is 6.20. The molecular weight excluding hydrogens is 443 g/mol. The molecular formula is C25H28ClFN4O2. The molecule has 2 aromatic rings. The van der Waals surface area contributed by atoms with Crippen LogP contribution in [-0.4, -0.2) is 65.9 Å². The Bertz CT molecular complexity index is 1040. The van der Waals surface area contributed by atoms with Crippen molar-refractivity contribution in [3.8, 4) is 0 Å². The van der Waals surface area contributed by atoms with Crippen molar-refractivity contribution >= 4 is 35.3 Å². The zero-order valence-corrected chi connectivity index (χ0v) is 19.6. The molecule has 4 rings (SSSR count). The Hall–Kier alpha value is -2.90. The molecule has 0 aliphatic carbocycles. The molecule has 2 atom stereocenters. The average molecular weight is 471 g/mol. The van der Waals surface area contributed by atoms with E-state index in [0.29, 0.717) is 16.3 Å². The molecule has 1 N–H and O–H groups in total. The standard InChI is InChI=1S/C25H28ClFN4O2/c1-29(2)25(33)28-23-13-19(26)7-5-18(23)6-12-24(32)31-21-10-11-22(31)16-30(15-21)14-17-3-8-20(27)9-4-17/h3-9,12-13,21-22H,10-11,14-16H2,1-2H3,(H,28,33). The molecule has 0 saturated carbocycles. The fraction of sp³-hybridized carbons (Fsp3) is 0.360. The van der Waals surface area contributed by atoms with Crippen LogP contribution in [0.5, 0.6) is 0 Å². The summed E-state index contributed by atoms with van der Waals surface area (Å²) in [6, 6.07) is 11.9. The van der Waals surface area contributed by atoms with Crippen molar-refractivity contribution in [2.75, 3.05) is 32.5 Å². The monoisotopic (exact) mass is 470 g/mol. The number of likely N-dealkylation sites (tertiary alicyclic amines) is 1. The minimum Gasteiger partial charge on any atom is -0.331 e. The van der Waals surface area contributed by atoms with E-state index in [0.717, 1.165) is 38.0 Å². The third-order valence-corrected chi connectivity index (χ3v) is 6.44. The first-order chi connectivity index (χ1) is 15.8. The molecule has 0 spiro atoms. The maximum absolute atomic E-state index is 13.2. The van der Waals surface area contributed by atoms with Crippen LogP contribution in [0.1, 0.15) is 24.0 Å². The second-order valence-electron chi connectivity index (χ2n) is 8.84. The number of nitrogens with zero attached hydrogens (tertiary/aromatic N) is 3. The number of rotatable bonds is 5. The number of hydrogen-bond acceptors (Lipinski definition) is 3. The molecule has 2 bridgehead atoms. The van der Waals surface area contributed by atoms with Gasteiger partial charge in [0, 0.05) is 56.9 Å². The minimum atomic E-state index is -0.270. The summed E-state index contributed by atoms with van der Waals surface area (Å²) in [7, 11) is 3.31. The molecule has 2 unspecified atom stereocenters. The van der Waals surface area contributed by atoms with Crippen molar-refractivity contribution in [3.05, 3.63) is 70.5 Å². The predicted octanol–water partition coefficient (Wildman–Crippen LogP) is 4.46. The van der Waals surface area contributed by atoms with Crippen LogP contribution in [0.4, 0.5) is 14.9 Å². The van der Waals surface area contributed by atoms with Crippen LogP contribution >= 0.6 is 11.6 Å². The SMILES string of the molecule is CN(C)C(=O)Nc1cc(Cl)ccc1C=CC(=O)N1C2CCC1CN(Cc1ccc(F)cc1)C2. The smallest absolute Gasteiger partial charge is 0.321 e. The Kier molecular flexibility index (Phi) is 7.00. The van der Waals surface area contributed by atoms with Gasteiger partial charge in [0.15, 0.2) is 0 Å². The van der Waals surface area contributed by atoms with Crippen molar-refractivity contribution in [1.29, 1.82) is 0 Å². The van der Waals surface area contributed by atoms with Crippen molar-refractivity contribution in [2.24, 2.45) is 0 Å². The summed E-state index contributed by atoms with van der Waals surface area (Å²) >= 11 is 6.10. The Morgan fingerprint density at radius 1 is 1.12 bits per heavy atom. The van der Waals surface area contributed by atoms with Gasteiger partial charge in [-0.25, -0.2) is 9.18 Å². The summed E-state index contributed by atoms with van der Waals surface area (Å²) in [4.78, 5) is 31.0. The van der Waals surface area contributed by atoms with Crippen LogP contribution in [-0.2, 0) is 11.3 Å². The number of piperazine rings is 1. The van der Waals surface area contributed by atoms with Crippen LogP contribution in [0.2, 0.25) is 5.02 Å². The summed E-state index contributed by atoms with van der Waals surface area (Å²) in [6.45, 7) is 2.36. The lowest BCUT2D eigenvalue weighted by atomic mass is 10.1. The maximum Gasteiger partial charge on any atom is 0.321 e. The molecule has 2 saturated heterocycles. The Morgan fingerprint density at radius 2 is 1.79 bits per heavy atom. The van der Waals surface area contributed by atoms with E-state index in [4.69, 9.17) is 11.6 Å². The number of carbonyl (C=O) groups is 2.